The monoisotopic (exact) mass is 285 g/mol. The van der Waals surface area contributed by atoms with E-state index < -0.39 is 0 Å². The van der Waals surface area contributed by atoms with E-state index >= 15 is 0 Å². The first kappa shape index (κ1) is 14.3. The lowest BCUT2D eigenvalue weighted by Crippen LogP contribution is -2.50. The number of tetrazole rings is 1. The Balaban J connectivity index is 1.97. The van der Waals surface area contributed by atoms with Crippen molar-refractivity contribution in [3.05, 3.63) is 0 Å². The fraction of sp³-hybridized carbons (Fsp3) is 0.818. The molecule has 0 unspecified atom stereocenters. The summed E-state index contributed by atoms with van der Waals surface area (Å²) in [6.07, 6.45) is 0.169. The second kappa shape index (κ2) is 5.87. The highest BCUT2D eigenvalue weighted by Gasteiger charge is 2.29. The number of carbonyl (C=O) groups excluding carboxylic acids is 1. The van der Waals surface area contributed by atoms with Crippen LogP contribution in [0.25, 0.3) is 0 Å². The Bertz CT molecular complexity index is 442. The highest BCUT2D eigenvalue weighted by Crippen LogP contribution is 2.22. The lowest BCUT2D eigenvalue weighted by molar-refractivity contribution is -0.142. The van der Waals surface area contributed by atoms with Gasteiger partial charge in [0, 0.05) is 20.1 Å². The Morgan fingerprint density at radius 1 is 1.42 bits per heavy atom. The van der Waals surface area contributed by atoms with E-state index in [0.29, 0.717) is 18.2 Å². The maximum absolute atomic E-state index is 12.4. The average molecular weight is 285 g/mol. The van der Waals surface area contributed by atoms with Gasteiger partial charge in [0.05, 0.1) is 17.5 Å². The molecule has 3 atom stereocenters. The van der Waals surface area contributed by atoms with Gasteiger partial charge < -0.3 is 9.64 Å². The van der Waals surface area contributed by atoms with E-state index in [9.17, 15) is 4.79 Å². The maximum Gasteiger partial charge on any atom is 0.236 e. The van der Waals surface area contributed by atoms with Crippen LogP contribution in [0.3, 0.4) is 0 Å². The van der Waals surface area contributed by atoms with Crippen LogP contribution in [0.15, 0.2) is 5.16 Å². The van der Waals surface area contributed by atoms with Gasteiger partial charge in [0.2, 0.25) is 11.1 Å². The summed E-state index contributed by atoms with van der Waals surface area (Å²) in [5.41, 5.74) is 0. The molecule has 2 heterocycles. The van der Waals surface area contributed by atoms with Gasteiger partial charge in [-0.05, 0) is 31.2 Å². The number of hydrogen-bond donors (Lipinski definition) is 0. The van der Waals surface area contributed by atoms with Gasteiger partial charge in [0.25, 0.3) is 0 Å². The van der Waals surface area contributed by atoms with Gasteiger partial charge in [-0.1, -0.05) is 11.8 Å². The van der Waals surface area contributed by atoms with Crippen LogP contribution >= 0.6 is 11.8 Å². The smallest absolute Gasteiger partial charge is 0.236 e. The second-order valence-corrected chi connectivity index (χ2v) is 6.15. The Kier molecular flexibility index (Phi) is 4.41. The molecule has 1 amide bonds. The van der Waals surface area contributed by atoms with E-state index in [1.54, 1.807) is 11.7 Å². The molecular weight excluding hydrogens is 266 g/mol. The van der Waals surface area contributed by atoms with Crippen molar-refractivity contribution >= 4 is 17.7 Å². The molecule has 106 valence electrons. The summed E-state index contributed by atoms with van der Waals surface area (Å²) in [7, 11) is 1.76. The van der Waals surface area contributed by atoms with Gasteiger partial charge in [0.15, 0.2) is 0 Å². The topological polar surface area (TPSA) is 73.1 Å². The number of thioether (sulfide) groups is 1. The van der Waals surface area contributed by atoms with Crippen LogP contribution in [-0.4, -0.2) is 61.6 Å². The minimum atomic E-state index is -0.206. The summed E-state index contributed by atoms with van der Waals surface area (Å²) in [6, 6.07) is 0. The number of ether oxygens (including phenoxy) is 1. The molecule has 8 heteroatoms. The Labute approximate surface area is 116 Å². The van der Waals surface area contributed by atoms with Crippen LogP contribution in [-0.2, 0) is 16.6 Å². The van der Waals surface area contributed by atoms with E-state index in [1.807, 2.05) is 25.7 Å². The molecule has 0 spiro atoms. The first-order chi connectivity index (χ1) is 8.97. The first-order valence-electron chi connectivity index (χ1n) is 6.30. The number of carbonyl (C=O) groups is 1. The zero-order chi connectivity index (χ0) is 14.0. The van der Waals surface area contributed by atoms with Gasteiger partial charge in [-0.15, -0.1) is 5.10 Å². The van der Waals surface area contributed by atoms with E-state index in [2.05, 4.69) is 15.5 Å². The highest BCUT2D eigenvalue weighted by molar-refractivity contribution is 8.00. The van der Waals surface area contributed by atoms with Gasteiger partial charge in [-0.25, -0.2) is 4.68 Å². The first-order valence-corrected chi connectivity index (χ1v) is 7.18. The fourth-order valence-corrected chi connectivity index (χ4v) is 2.98. The third kappa shape index (κ3) is 3.44. The summed E-state index contributed by atoms with van der Waals surface area (Å²) in [4.78, 5) is 14.3. The van der Waals surface area contributed by atoms with Crippen molar-refractivity contribution in [1.82, 2.24) is 25.1 Å². The number of aromatic nitrogens is 4. The average Bonchev–Trinajstić information content (AvgIpc) is 2.72. The van der Waals surface area contributed by atoms with Crippen molar-refractivity contribution in [1.29, 1.82) is 0 Å². The molecule has 1 saturated heterocycles. The van der Waals surface area contributed by atoms with Crippen molar-refractivity contribution < 1.29 is 9.53 Å². The van der Waals surface area contributed by atoms with E-state index in [-0.39, 0.29) is 23.4 Å². The van der Waals surface area contributed by atoms with Crippen LogP contribution < -0.4 is 0 Å². The van der Waals surface area contributed by atoms with Crippen molar-refractivity contribution in [2.75, 3.05) is 13.1 Å². The summed E-state index contributed by atoms with van der Waals surface area (Å²) in [5, 5.41) is 11.6. The third-order valence-electron chi connectivity index (χ3n) is 2.94. The molecule has 1 aliphatic rings. The lowest BCUT2D eigenvalue weighted by Gasteiger charge is -2.36. The molecule has 19 heavy (non-hydrogen) atoms. The van der Waals surface area contributed by atoms with Gasteiger partial charge in [0.1, 0.15) is 0 Å². The Morgan fingerprint density at radius 3 is 2.58 bits per heavy atom. The zero-order valence-corrected chi connectivity index (χ0v) is 12.4. The van der Waals surface area contributed by atoms with Crippen LogP contribution in [0.4, 0.5) is 0 Å². The number of nitrogens with zero attached hydrogens (tertiary/aromatic N) is 5. The predicted octanol–water partition coefficient (Wildman–Crippen LogP) is 0.326. The molecule has 0 radical (unpaired) electrons. The Morgan fingerprint density at radius 2 is 2.05 bits per heavy atom. The molecule has 0 N–H and O–H groups in total. The second-order valence-electron chi connectivity index (χ2n) is 4.85. The standard InChI is InChI=1S/C11H19N5O2S/c1-7-5-16(6-8(2)18-7)10(17)9(3)19-11-12-13-14-15(11)4/h7-9H,5-6H2,1-4H3/t7-,8-,9+/m0/s1. The van der Waals surface area contributed by atoms with Crippen molar-refractivity contribution in [2.24, 2.45) is 7.05 Å². The number of amides is 1. The molecule has 0 bridgehead atoms. The fourth-order valence-electron chi connectivity index (χ4n) is 2.14. The molecule has 2 rings (SSSR count). The van der Waals surface area contributed by atoms with E-state index in [4.69, 9.17) is 4.74 Å². The molecule has 1 aliphatic heterocycles. The predicted molar refractivity (Wildman–Crippen MR) is 70.7 cm³/mol. The molecule has 0 aromatic carbocycles. The summed E-state index contributed by atoms with van der Waals surface area (Å²) < 4.78 is 7.20. The molecule has 0 aliphatic carbocycles. The number of rotatable bonds is 3. The van der Waals surface area contributed by atoms with Crippen molar-refractivity contribution in [3.8, 4) is 0 Å². The molecule has 1 aromatic rings. The summed E-state index contributed by atoms with van der Waals surface area (Å²) >= 11 is 1.38. The minimum absolute atomic E-state index is 0.0846. The normalized spacial score (nSPS) is 25.4. The maximum atomic E-state index is 12.4. The molecular formula is C11H19N5O2S. The zero-order valence-electron chi connectivity index (χ0n) is 11.6. The summed E-state index contributed by atoms with van der Waals surface area (Å²) in [6.45, 7) is 7.14. The van der Waals surface area contributed by atoms with Crippen LogP contribution in [0.5, 0.6) is 0 Å². The van der Waals surface area contributed by atoms with E-state index in [1.165, 1.54) is 11.8 Å². The SMILES string of the molecule is C[C@H]1CN(C(=O)[C@@H](C)Sc2nnnn2C)C[C@H](C)O1. The van der Waals surface area contributed by atoms with Crippen LogP contribution in [0.1, 0.15) is 20.8 Å². The van der Waals surface area contributed by atoms with Crippen molar-refractivity contribution in [3.63, 3.8) is 0 Å². The number of aryl methyl sites for hydroxylation is 1. The van der Waals surface area contributed by atoms with Crippen molar-refractivity contribution in [2.45, 2.75) is 43.4 Å². The van der Waals surface area contributed by atoms with Gasteiger partial charge in [-0.3, -0.25) is 4.79 Å². The largest absolute Gasteiger partial charge is 0.372 e. The minimum Gasteiger partial charge on any atom is -0.372 e. The highest BCUT2D eigenvalue weighted by atomic mass is 32.2. The molecule has 1 fully saturated rings. The quantitative estimate of drug-likeness (QED) is 0.745. The molecule has 7 nitrogen and oxygen atoms in total. The van der Waals surface area contributed by atoms with E-state index in [0.717, 1.165) is 0 Å². The lowest BCUT2D eigenvalue weighted by atomic mass is 10.2. The van der Waals surface area contributed by atoms with Gasteiger partial charge in [-0.2, -0.15) is 0 Å². The third-order valence-corrected chi connectivity index (χ3v) is 4.05. The molecule has 0 saturated carbocycles. The Hall–Kier alpha value is -1.15. The van der Waals surface area contributed by atoms with Crippen LogP contribution in [0.2, 0.25) is 0 Å². The number of hydrogen-bond acceptors (Lipinski definition) is 6. The molecule has 1 aromatic heterocycles. The van der Waals surface area contributed by atoms with Crippen LogP contribution in [0, 0.1) is 0 Å². The van der Waals surface area contributed by atoms with Gasteiger partial charge >= 0.3 is 0 Å². The number of morpholine rings is 1. The summed E-state index contributed by atoms with van der Waals surface area (Å²) in [5.74, 6) is 0.106.